The Morgan fingerprint density at radius 2 is 1.54 bits per heavy atom. The van der Waals surface area contributed by atoms with E-state index >= 15 is 0 Å². The Kier molecular flexibility index (Phi) is 10.2. The summed E-state index contributed by atoms with van der Waals surface area (Å²) < 4.78 is 6.76. The van der Waals surface area contributed by atoms with Crippen LogP contribution in [0.5, 0.6) is 0 Å². The van der Waals surface area contributed by atoms with Crippen LogP contribution in [0.15, 0.2) is 174 Å². The van der Waals surface area contributed by atoms with E-state index < -0.39 is 0 Å². The summed E-state index contributed by atoms with van der Waals surface area (Å²) >= 11 is 0. The molecule has 0 saturated heterocycles. The van der Waals surface area contributed by atoms with Crippen molar-refractivity contribution in [1.29, 1.82) is 0 Å². The Bertz CT molecular complexity index is 2820. The first kappa shape index (κ1) is 36.8. The first-order valence-corrected chi connectivity index (χ1v) is 19.9. The summed E-state index contributed by atoms with van der Waals surface area (Å²) in [6.45, 7) is 18.0. The van der Waals surface area contributed by atoms with Crippen molar-refractivity contribution >= 4 is 50.8 Å². The molecule has 0 bridgehead atoms. The first-order chi connectivity index (χ1) is 27.3. The summed E-state index contributed by atoms with van der Waals surface area (Å²) in [7, 11) is 0. The van der Waals surface area contributed by atoms with Crippen LogP contribution < -0.4 is 10.4 Å². The molecule has 0 N–H and O–H groups in total. The molecular formula is C55H50O. The van der Waals surface area contributed by atoms with Crippen molar-refractivity contribution in [3.05, 3.63) is 219 Å². The lowest BCUT2D eigenvalue weighted by Crippen LogP contribution is -2.30. The zero-order valence-corrected chi connectivity index (χ0v) is 33.2. The zero-order valence-electron chi connectivity index (χ0n) is 33.2. The number of hydrogen-bond donors (Lipinski definition) is 0. The average Bonchev–Trinajstić information content (AvgIpc) is 3.60. The number of aryl methyl sites for hydroxylation is 1. The van der Waals surface area contributed by atoms with Gasteiger partial charge in [-0.25, -0.2) is 0 Å². The number of hydrogen-bond acceptors (Lipinski definition) is 1. The average molecular weight is 727 g/mol. The molecule has 0 atom stereocenters. The van der Waals surface area contributed by atoms with Gasteiger partial charge in [-0.05, 0) is 141 Å². The molecule has 0 saturated carbocycles. The van der Waals surface area contributed by atoms with Gasteiger partial charge in [0.05, 0.1) is 0 Å². The second-order valence-corrected chi connectivity index (χ2v) is 15.8. The standard InChI is InChI=1S/C55H50O/c1-7-19-40-33-41(29-28-37(40)3)39(8-2)32-38(4)45-21-11-9-10-12-22-46(48-24-15-14-23-47(45)48)44-35-51-42(34-43-20-13-17-26-52(43)55(5,6)36-44)30-31-50-49-25-16-18-27-53(49)56-54(50)51/h7-8,11-33,35H,2,4,9-10,34,36H2,1,3,5-6H3/b19-7-,21-11+,22-12+,39-32+,44-35-,47-45+,48-46+. The summed E-state index contributed by atoms with van der Waals surface area (Å²) in [5, 5.41) is 4.66. The predicted octanol–water partition coefficient (Wildman–Crippen LogP) is 13.3. The molecule has 2 aliphatic rings. The minimum absolute atomic E-state index is 0.139. The van der Waals surface area contributed by atoms with Crippen molar-refractivity contribution < 1.29 is 4.42 Å². The first-order valence-electron chi connectivity index (χ1n) is 19.9. The molecule has 5 aromatic carbocycles. The van der Waals surface area contributed by atoms with E-state index in [2.05, 4.69) is 186 Å². The summed E-state index contributed by atoms with van der Waals surface area (Å²) in [4.78, 5) is 0. The summed E-state index contributed by atoms with van der Waals surface area (Å²) in [5.41, 5.74) is 16.1. The molecule has 6 aromatic rings. The monoisotopic (exact) mass is 726 g/mol. The highest BCUT2D eigenvalue weighted by molar-refractivity contribution is 6.08. The van der Waals surface area contributed by atoms with Crippen LogP contribution >= 0.6 is 0 Å². The number of furan rings is 1. The molecule has 0 unspecified atom stereocenters. The van der Waals surface area contributed by atoms with E-state index in [-0.39, 0.29) is 5.41 Å². The molecule has 0 aliphatic heterocycles. The molecule has 0 fully saturated rings. The fraction of sp³-hybridized carbons (Fsp3) is 0.164. The Hall–Kier alpha value is -6.18. The molecule has 1 aromatic heterocycles. The van der Waals surface area contributed by atoms with Crippen molar-refractivity contribution in [2.45, 2.75) is 58.8 Å². The third-order valence-electron chi connectivity index (χ3n) is 11.5. The Morgan fingerprint density at radius 1 is 0.786 bits per heavy atom. The van der Waals surface area contributed by atoms with Gasteiger partial charge in [-0.2, -0.15) is 0 Å². The lowest BCUT2D eigenvalue weighted by atomic mass is 9.75. The van der Waals surface area contributed by atoms with E-state index in [0.717, 1.165) is 75.1 Å². The van der Waals surface area contributed by atoms with Gasteiger partial charge in [0.25, 0.3) is 0 Å². The minimum Gasteiger partial charge on any atom is -0.455 e. The third-order valence-corrected chi connectivity index (χ3v) is 11.5. The van der Waals surface area contributed by atoms with Crippen LogP contribution in [0.2, 0.25) is 0 Å². The Balaban J connectivity index is 1.41. The number of allylic oxidation sites excluding steroid dienone is 10. The zero-order chi connectivity index (χ0) is 38.8. The molecule has 0 spiro atoms. The number of fused-ring (bicyclic) bond motifs is 7. The highest BCUT2D eigenvalue weighted by atomic mass is 16.3. The van der Waals surface area contributed by atoms with Crippen molar-refractivity contribution in [1.82, 2.24) is 0 Å². The van der Waals surface area contributed by atoms with Crippen molar-refractivity contribution in [3.8, 4) is 0 Å². The van der Waals surface area contributed by atoms with Gasteiger partial charge >= 0.3 is 0 Å². The maximum atomic E-state index is 6.76. The summed E-state index contributed by atoms with van der Waals surface area (Å²) in [6, 6.07) is 37.5. The van der Waals surface area contributed by atoms with E-state index in [0.29, 0.717) is 0 Å². The smallest absolute Gasteiger partial charge is 0.142 e. The van der Waals surface area contributed by atoms with E-state index in [1.54, 1.807) is 0 Å². The van der Waals surface area contributed by atoms with E-state index in [1.807, 2.05) is 6.08 Å². The SMILES string of the molecule is C=C/C(=C\C(=C)C1=c2/cccc/c2=C(\C2=C/c3c(ccc4c3oc3ccccc34)Cc3ccccc3C(C)(C)C2)/C=C/CC/C=C/1)c1ccc(C)c(/C=C\C)c1. The van der Waals surface area contributed by atoms with Gasteiger partial charge < -0.3 is 4.42 Å². The van der Waals surface area contributed by atoms with Crippen LogP contribution in [0.25, 0.3) is 50.8 Å². The third kappa shape index (κ3) is 7.06. The summed E-state index contributed by atoms with van der Waals surface area (Å²) in [6.07, 6.45) is 23.7. The molecule has 1 heterocycles. The number of rotatable bonds is 6. The number of benzene rings is 5. The molecule has 1 heteroatoms. The maximum Gasteiger partial charge on any atom is 0.142 e. The van der Waals surface area contributed by atoms with Gasteiger partial charge in [0.2, 0.25) is 0 Å². The Morgan fingerprint density at radius 3 is 2.36 bits per heavy atom. The largest absolute Gasteiger partial charge is 0.455 e. The van der Waals surface area contributed by atoms with Crippen LogP contribution in [0.1, 0.15) is 79.0 Å². The quantitative estimate of drug-likeness (QED) is 0.156. The lowest BCUT2D eigenvalue weighted by Gasteiger charge is -2.29. The second kappa shape index (κ2) is 15.5. The molecule has 2 aliphatic carbocycles. The van der Waals surface area contributed by atoms with Gasteiger partial charge in [0.15, 0.2) is 0 Å². The molecule has 1 nitrogen and oxygen atoms in total. The van der Waals surface area contributed by atoms with E-state index in [4.69, 9.17) is 11.0 Å². The van der Waals surface area contributed by atoms with Crippen molar-refractivity contribution in [2.75, 3.05) is 0 Å². The fourth-order valence-corrected chi connectivity index (χ4v) is 8.66. The topological polar surface area (TPSA) is 13.1 Å². The molecule has 8 rings (SSSR count). The van der Waals surface area contributed by atoms with Crippen LogP contribution in [0, 0.1) is 6.92 Å². The maximum absolute atomic E-state index is 6.76. The van der Waals surface area contributed by atoms with Gasteiger partial charge in [0.1, 0.15) is 11.2 Å². The molecule has 276 valence electrons. The van der Waals surface area contributed by atoms with Crippen LogP contribution in [0.3, 0.4) is 0 Å². The Labute approximate surface area is 332 Å². The number of para-hydroxylation sites is 1. The van der Waals surface area contributed by atoms with Crippen LogP contribution in [0.4, 0.5) is 0 Å². The van der Waals surface area contributed by atoms with Crippen LogP contribution in [-0.4, -0.2) is 0 Å². The molecular weight excluding hydrogens is 677 g/mol. The summed E-state index contributed by atoms with van der Waals surface area (Å²) in [5.74, 6) is 0. The molecule has 0 amide bonds. The van der Waals surface area contributed by atoms with Crippen molar-refractivity contribution in [2.24, 2.45) is 0 Å². The van der Waals surface area contributed by atoms with Gasteiger partial charge in [-0.1, -0.05) is 161 Å². The highest BCUT2D eigenvalue weighted by Gasteiger charge is 2.29. The van der Waals surface area contributed by atoms with Crippen LogP contribution in [-0.2, 0) is 11.8 Å². The second-order valence-electron chi connectivity index (χ2n) is 15.8. The van der Waals surface area contributed by atoms with Gasteiger partial charge in [0, 0.05) is 16.3 Å². The van der Waals surface area contributed by atoms with E-state index in [1.165, 1.54) is 49.7 Å². The van der Waals surface area contributed by atoms with E-state index in [9.17, 15) is 0 Å². The van der Waals surface area contributed by atoms with Gasteiger partial charge in [-0.15, -0.1) is 0 Å². The molecule has 0 radical (unpaired) electrons. The highest BCUT2D eigenvalue weighted by Crippen LogP contribution is 2.42. The van der Waals surface area contributed by atoms with Gasteiger partial charge in [-0.3, -0.25) is 0 Å². The predicted molar refractivity (Wildman–Crippen MR) is 242 cm³/mol. The van der Waals surface area contributed by atoms with Crippen molar-refractivity contribution in [3.63, 3.8) is 0 Å². The lowest BCUT2D eigenvalue weighted by molar-refractivity contribution is 0.523. The normalized spacial score (nSPS) is 19.8. The molecule has 56 heavy (non-hydrogen) atoms. The fourth-order valence-electron chi connectivity index (χ4n) is 8.66. The minimum atomic E-state index is -0.139.